The molecule has 2 rings (SSSR count). The summed E-state index contributed by atoms with van der Waals surface area (Å²) in [6.45, 7) is 4.86. The first-order chi connectivity index (χ1) is 9.11. The number of hydrogen-bond acceptors (Lipinski definition) is 3. The Balaban J connectivity index is 1.99. The fourth-order valence-corrected chi connectivity index (χ4v) is 2.93. The van der Waals surface area contributed by atoms with Gasteiger partial charge in [-0.1, -0.05) is 6.07 Å². The molecule has 0 amide bonds. The number of rotatable bonds is 4. The van der Waals surface area contributed by atoms with Crippen molar-refractivity contribution in [2.24, 2.45) is 11.7 Å². The van der Waals surface area contributed by atoms with Gasteiger partial charge >= 0.3 is 0 Å². The second-order valence-corrected chi connectivity index (χ2v) is 5.44. The quantitative estimate of drug-likeness (QED) is 0.881. The Morgan fingerprint density at radius 2 is 2.11 bits per heavy atom. The minimum absolute atomic E-state index is 0.0524. The molecular formula is C15H23FN2O. The van der Waals surface area contributed by atoms with Gasteiger partial charge in [0.15, 0.2) is 0 Å². The van der Waals surface area contributed by atoms with Gasteiger partial charge in [0.25, 0.3) is 0 Å². The smallest absolute Gasteiger partial charge is 0.126 e. The van der Waals surface area contributed by atoms with Crippen LogP contribution in [0.15, 0.2) is 18.2 Å². The van der Waals surface area contributed by atoms with Gasteiger partial charge in [0.05, 0.1) is 0 Å². The molecule has 1 fully saturated rings. The Kier molecular flexibility index (Phi) is 4.77. The number of phenols is 1. The van der Waals surface area contributed by atoms with Gasteiger partial charge in [-0.15, -0.1) is 0 Å². The van der Waals surface area contributed by atoms with Crippen LogP contribution in [0.25, 0.3) is 0 Å². The molecule has 0 radical (unpaired) electrons. The molecule has 0 aromatic heterocycles. The maximum Gasteiger partial charge on any atom is 0.126 e. The van der Waals surface area contributed by atoms with Crippen molar-refractivity contribution in [3.8, 4) is 5.75 Å². The van der Waals surface area contributed by atoms with Crippen LogP contribution in [0, 0.1) is 11.7 Å². The summed E-state index contributed by atoms with van der Waals surface area (Å²) < 4.78 is 13.0. The van der Waals surface area contributed by atoms with Gasteiger partial charge in [0.1, 0.15) is 11.6 Å². The van der Waals surface area contributed by atoms with E-state index in [4.69, 9.17) is 5.73 Å². The van der Waals surface area contributed by atoms with Crippen molar-refractivity contribution < 1.29 is 9.50 Å². The number of nitrogens with two attached hydrogens (primary N) is 1. The molecule has 3 nitrogen and oxygen atoms in total. The highest BCUT2D eigenvalue weighted by molar-refractivity contribution is 5.35. The number of nitrogens with zero attached hydrogens (tertiary/aromatic N) is 1. The van der Waals surface area contributed by atoms with E-state index >= 15 is 0 Å². The second-order valence-electron chi connectivity index (χ2n) is 5.44. The summed E-state index contributed by atoms with van der Waals surface area (Å²) in [5.41, 5.74) is 6.40. The van der Waals surface area contributed by atoms with E-state index < -0.39 is 5.82 Å². The average Bonchev–Trinajstić information content (AvgIpc) is 2.39. The zero-order valence-electron chi connectivity index (χ0n) is 11.5. The number of aromatic hydroxyl groups is 1. The molecule has 1 heterocycles. The van der Waals surface area contributed by atoms with Crippen LogP contribution in [-0.4, -0.2) is 29.6 Å². The third kappa shape index (κ3) is 3.45. The van der Waals surface area contributed by atoms with Crippen molar-refractivity contribution in [2.75, 3.05) is 19.6 Å². The molecule has 1 aromatic carbocycles. The standard InChI is InChI=1S/C15H23FN2O/c1-11(14-3-2-13(16)10-15(14)19)18-8-5-12(4-7-17)6-9-18/h2-3,10-12,19H,4-9,17H2,1H3. The van der Waals surface area contributed by atoms with Crippen LogP contribution in [0.3, 0.4) is 0 Å². The molecule has 0 spiro atoms. The maximum atomic E-state index is 13.0. The van der Waals surface area contributed by atoms with E-state index in [1.807, 2.05) is 0 Å². The highest BCUT2D eigenvalue weighted by atomic mass is 19.1. The molecule has 0 bridgehead atoms. The Morgan fingerprint density at radius 1 is 1.42 bits per heavy atom. The van der Waals surface area contributed by atoms with E-state index in [0.29, 0.717) is 0 Å². The lowest BCUT2D eigenvalue weighted by Crippen LogP contribution is -2.36. The van der Waals surface area contributed by atoms with Gasteiger partial charge < -0.3 is 10.8 Å². The number of halogens is 1. The van der Waals surface area contributed by atoms with Crippen molar-refractivity contribution in [1.29, 1.82) is 0 Å². The number of benzene rings is 1. The van der Waals surface area contributed by atoms with Gasteiger partial charge in [-0.25, -0.2) is 4.39 Å². The topological polar surface area (TPSA) is 49.5 Å². The molecule has 1 saturated heterocycles. The lowest BCUT2D eigenvalue weighted by molar-refractivity contribution is 0.137. The molecule has 1 aliphatic heterocycles. The minimum Gasteiger partial charge on any atom is -0.508 e. The Bertz CT molecular complexity index is 417. The largest absolute Gasteiger partial charge is 0.508 e. The van der Waals surface area contributed by atoms with Crippen LogP contribution >= 0.6 is 0 Å². The monoisotopic (exact) mass is 266 g/mol. The normalized spacial score (nSPS) is 19.5. The van der Waals surface area contributed by atoms with Crippen LogP contribution in [0.1, 0.15) is 37.8 Å². The van der Waals surface area contributed by atoms with E-state index in [9.17, 15) is 9.50 Å². The van der Waals surface area contributed by atoms with Crippen LogP contribution in [0.4, 0.5) is 4.39 Å². The number of likely N-dealkylation sites (tertiary alicyclic amines) is 1. The van der Waals surface area contributed by atoms with E-state index in [1.54, 1.807) is 6.07 Å². The SMILES string of the molecule is CC(c1ccc(F)cc1O)N1CCC(CCN)CC1. The van der Waals surface area contributed by atoms with Crippen molar-refractivity contribution in [1.82, 2.24) is 4.90 Å². The molecule has 1 aromatic rings. The zero-order valence-corrected chi connectivity index (χ0v) is 11.5. The van der Waals surface area contributed by atoms with Crippen LogP contribution < -0.4 is 5.73 Å². The summed E-state index contributed by atoms with van der Waals surface area (Å²) in [6.07, 6.45) is 3.41. The third-order valence-electron chi connectivity index (χ3n) is 4.21. The zero-order chi connectivity index (χ0) is 13.8. The highest BCUT2D eigenvalue weighted by Crippen LogP contribution is 2.32. The molecule has 0 aliphatic carbocycles. The van der Waals surface area contributed by atoms with Gasteiger partial charge in [-0.2, -0.15) is 0 Å². The van der Waals surface area contributed by atoms with Gasteiger partial charge in [0, 0.05) is 17.7 Å². The molecule has 1 unspecified atom stereocenters. The fraction of sp³-hybridized carbons (Fsp3) is 0.600. The molecule has 1 atom stereocenters. The van der Waals surface area contributed by atoms with E-state index in [2.05, 4.69) is 11.8 Å². The fourth-order valence-electron chi connectivity index (χ4n) is 2.93. The van der Waals surface area contributed by atoms with E-state index in [0.717, 1.165) is 50.4 Å². The van der Waals surface area contributed by atoms with Crippen LogP contribution in [0.5, 0.6) is 5.75 Å². The number of piperidine rings is 1. The molecule has 19 heavy (non-hydrogen) atoms. The molecule has 106 valence electrons. The maximum absolute atomic E-state index is 13.0. The molecular weight excluding hydrogens is 243 g/mol. The third-order valence-corrected chi connectivity index (χ3v) is 4.21. The molecule has 3 N–H and O–H groups in total. The van der Waals surface area contributed by atoms with Gasteiger partial charge in [-0.3, -0.25) is 4.90 Å². The predicted octanol–water partition coefficient (Wildman–Crippen LogP) is 2.65. The Labute approximate surface area is 114 Å². The molecule has 4 heteroatoms. The predicted molar refractivity (Wildman–Crippen MR) is 74.4 cm³/mol. The van der Waals surface area contributed by atoms with Gasteiger partial charge in [-0.05, 0) is 57.8 Å². The summed E-state index contributed by atoms with van der Waals surface area (Å²) in [5, 5.41) is 9.85. The summed E-state index contributed by atoms with van der Waals surface area (Å²) in [6, 6.07) is 4.40. The van der Waals surface area contributed by atoms with Gasteiger partial charge in [0.2, 0.25) is 0 Å². The highest BCUT2D eigenvalue weighted by Gasteiger charge is 2.24. The Hall–Kier alpha value is -1.13. The van der Waals surface area contributed by atoms with Crippen molar-refractivity contribution in [3.05, 3.63) is 29.6 Å². The summed E-state index contributed by atoms with van der Waals surface area (Å²) >= 11 is 0. The average molecular weight is 266 g/mol. The van der Waals surface area contributed by atoms with Crippen molar-refractivity contribution in [3.63, 3.8) is 0 Å². The first kappa shape index (κ1) is 14.3. The van der Waals surface area contributed by atoms with Crippen molar-refractivity contribution >= 4 is 0 Å². The van der Waals surface area contributed by atoms with Crippen LogP contribution in [0.2, 0.25) is 0 Å². The number of hydrogen-bond donors (Lipinski definition) is 2. The molecule has 1 aliphatic rings. The lowest BCUT2D eigenvalue weighted by atomic mass is 9.92. The van der Waals surface area contributed by atoms with E-state index in [1.165, 1.54) is 12.1 Å². The number of phenolic OH excluding ortho intramolecular Hbond substituents is 1. The van der Waals surface area contributed by atoms with Crippen LogP contribution in [-0.2, 0) is 0 Å². The Morgan fingerprint density at radius 3 is 2.68 bits per heavy atom. The molecule has 0 saturated carbocycles. The first-order valence-corrected chi connectivity index (χ1v) is 7.04. The lowest BCUT2D eigenvalue weighted by Gasteiger charge is -2.36. The van der Waals surface area contributed by atoms with E-state index in [-0.39, 0.29) is 11.8 Å². The van der Waals surface area contributed by atoms with Crippen molar-refractivity contribution in [2.45, 2.75) is 32.2 Å². The first-order valence-electron chi connectivity index (χ1n) is 7.04. The minimum atomic E-state index is -0.393. The summed E-state index contributed by atoms with van der Waals surface area (Å²) in [7, 11) is 0. The second kappa shape index (κ2) is 6.35. The summed E-state index contributed by atoms with van der Waals surface area (Å²) in [4.78, 5) is 2.35. The summed E-state index contributed by atoms with van der Waals surface area (Å²) in [5.74, 6) is 0.391.